The predicted molar refractivity (Wildman–Crippen MR) is 79.7 cm³/mol. The molecule has 1 unspecified atom stereocenters. The van der Waals surface area contributed by atoms with E-state index < -0.39 is 5.54 Å². The van der Waals surface area contributed by atoms with Crippen molar-refractivity contribution in [3.63, 3.8) is 0 Å². The van der Waals surface area contributed by atoms with Crippen molar-refractivity contribution >= 4 is 17.7 Å². The van der Waals surface area contributed by atoms with E-state index in [2.05, 4.69) is 22.3 Å². The van der Waals surface area contributed by atoms with Gasteiger partial charge < -0.3 is 10.1 Å². The summed E-state index contributed by atoms with van der Waals surface area (Å²) in [6.45, 7) is 4.79. The summed E-state index contributed by atoms with van der Waals surface area (Å²) >= 11 is 1.65. The van der Waals surface area contributed by atoms with Crippen molar-refractivity contribution in [3.8, 4) is 0 Å². The van der Waals surface area contributed by atoms with Gasteiger partial charge in [0.15, 0.2) is 5.16 Å². The number of esters is 1. The van der Waals surface area contributed by atoms with Crippen LogP contribution in [-0.4, -0.2) is 45.7 Å². The van der Waals surface area contributed by atoms with Crippen molar-refractivity contribution in [3.05, 3.63) is 6.33 Å². The molecule has 0 saturated carbocycles. The van der Waals surface area contributed by atoms with Crippen molar-refractivity contribution in [2.45, 2.75) is 43.8 Å². The van der Waals surface area contributed by atoms with Crippen LogP contribution in [0.3, 0.4) is 0 Å². The number of hydrogen-bond acceptors (Lipinski definition) is 6. The summed E-state index contributed by atoms with van der Waals surface area (Å²) in [4.78, 5) is 16.1. The van der Waals surface area contributed by atoms with Gasteiger partial charge in [-0.3, -0.25) is 4.79 Å². The second-order valence-electron chi connectivity index (χ2n) is 4.87. The second kappa shape index (κ2) is 8.26. The van der Waals surface area contributed by atoms with E-state index in [4.69, 9.17) is 4.74 Å². The predicted octanol–water partition coefficient (Wildman–Crippen LogP) is 1.62. The summed E-state index contributed by atoms with van der Waals surface area (Å²) < 4.78 is 6.65. The van der Waals surface area contributed by atoms with Gasteiger partial charge in [-0.15, -0.1) is 0 Å². The largest absolute Gasteiger partial charge is 0.468 e. The highest BCUT2D eigenvalue weighted by Gasteiger charge is 2.32. The van der Waals surface area contributed by atoms with Crippen LogP contribution in [0.1, 0.15) is 33.1 Å². The van der Waals surface area contributed by atoms with Crippen LogP contribution in [0.4, 0.5) is 0 Å². The Morgan fingerprint density at radius 2 is 2.35 bits per heavy atom. The number of methoxy groups -OCH3 is 1. The summed E-state index contributed by atoms with van der Waals surface area (Å²) in [6.07, 6.45) is 4.17. The average molecular weight is 300 g/mol. The Hall–Kier alpha value is -1.08. The summed E-state index contributed by atoms with van der Waals surface area (Å²) in [5, 5.41) is 8.20. The first-order chi connectivity index (χ1) is 9.53. The van der Waals surface area contributed by atoms with E-state index in [1.807, 2.05) is 14.0 Å². The van der Waals surface area contributed by atoms with Crippen LogP contribution < -0.4 is 5.32 Å². The van der Waals surface area contributed by atoms with E-state index >= 15 is 0 Å². The number of nitrogens with zero attached hydrogens (tertiary/aromatic N) is 3. The normalized spacial score (nSPS) is 14.0. The van der Waals surface area contributed by atoms with Crippen molar-refractivity contribution in [2.24, 2.45) is 7.05 Å². The molecule has 0 aliphatic heterocycles. The summed E-state index contributed by atoms with van der Waals surface area (Å²) in [7, 11) is 3.30. The minimum atomic E-state index is -0.606. The van der Waals surface area contributed by atoms with Gasteiger partial charge in [0.1, 0.15) is 11.9 Å². The third-order valence-electron chi connectivity index (χ3n) is 3.12. The molecule has 0 amide bonds. The molecule has 0 aliphatic rings. The van der Waals surface area contributed by atoms with E-state index in [0.29, 0.717) is 0 Å². The zero-order valence-corrected chi connectivity index (χ0v) is 13.5. The van der Waals surface area contributed by atoms with Crippen LogP contribution in [0.5, 0.6) is 0 Å². The first-order valence-electron chi connectivity index (χ1n) is 6.83. The number of rotatable bonds is 9. The third-order valence-corrected chi connectivity index (χ3v) is 4.24. The number of aromatic nitrogens is 3. The second-order valence-corrected chi connectivity index (χ2v) is 5.93. The van der Waals surface area contributed by atoms with Gasteiger partial charge in [0, 0.05) is 12.8 Å². The molecular weight excluding hydrogens is 276 g/mol. The number of thioether (sulfide) groups is 1. The molecule has 1 aromatic rings. The number of nitrogens with one attached hydrogen (secondary N) is 1. The zero-order valence-electron chi connectivity index (χ0n) is 12.7. The van der Waals surface area contributed by atoms with Gasteiger partial charge >= 0.3 is 5.97 Å². The number of carbonyl (C=O) groups excluding carboxylic acids is 1. The summed E-state index contributed by atoms with van der Waals surface area (Å²) in [5.41, 5.74) is -0.606. The Bertz CT molecular complexity index is 424. The first kappa shape index (κ1) is 17.0. The molecule has 20 heavy (non-hydrogen) atoms. The van der Waals surface area contributed by atoms with E-state index in [1.54, 1.807) is 22.8 Å². The number of carbonyl (C=O) groups is 1. The molecule has 0 radical (unpaired) electrons. The molecule has 6 nitrogen and oxygen atoms in total. The number of hydrogen-bond donors (Lipinski definition) is 1. The van der Waals surface area contributed by atoms with Gasteiger partial charge in [-0.25, -0.2) is 9.67 Å². The van der Waals surface area contributed by atoms with Gasteiger partial charge in [-0.2, -0.15) is 5.10 Å². The molecule has 1 aromatic heterocycles. The molecular formula is C13H24N4O2S. The van der Waals surface area contributed by atoms with Crippen LogP contribution in [-0.2, 0) is 16.6 Å². The summed E-state index contributed by atoms with van der Waals surface area (Å²) in [6, 6.07) is 0. The van der Waals surface area contributed by atoms with Gasteiger partial charge in [0.25, 0.3) is 0 Å². The highest BCUT2D eigenvalue weighted by Crippen LogP contribution is 2.20. The Labute approximate surface area is 124 Å². The lowest BCUT2D eigenvalue weighted by atomic mass is 9.96. The fourth-order valence-corrected chi connectivity index (χ4v) is 2.72. The third kappa shape index (κ3) is 4.79. The highest BCUT2D eigenvalue weighted by molar-refractivity contribution is 7.99. The van der Waals surface area contributed by atoms with Crippen molar-refractivity contribution < 1.29 is 9.53 Å². The maximum atomic E-state index is 11.9. The van der Waals surface area contributed by atoms with Crippen LogP contribution >= 0.6 is 11.8 Å². The van der Waals surface area contributed by atoms with Crippen LogP contribution in [0.15, 0.2) is 11.5 Å². The molecule has 1 atom stereocenters. The van der Waals surface area contributed by atoms with Crippen LogP contribution in [0.2, 0.25) is 0 Å². The lowest BCUT2D eigenvalue weighted by Crippen LogP contribution is -2.50. The standard InChI is InChI=1S/C13H24N4O2S/c1-5-8-15-13(2,11(18)19-4)7-6-9-20-12-14-10-16-17(12)3/h10,15H,5-9H2,1-4H3. The minimum absolute atomic E-state index is 0.199. The summed E-state index contributed by atoms with van der Waals surface area (Å²) in [5.74, 6) is 0.696. The number of aryl methyl sites for hydroxylation is 1. The number of ether oxygens (including phenoxy) is 1. The lowest BCUT2D eigenvalue weighted by Gasteiger charge is -2.27. The quantitative estimate of drug-likeness (QED) is 0.424. The topological polar surface area (TPSA) is 69.0 Å². The van der Waals surface area contributed by atoms with E-state index in [-0.39, 0.29) is 5.97 Å². The van der Waals surface area contributed by atoms with E-state index in [1.165, 1.54) is 7.11 Å². The van der Waals surface area contributed by atoms with Crippen molar-refractivity contribution in [1.82, 2.24) is 20.1 Å². The molecule has 1 heterocycles. The monoisotopic (exact) mass is 300 g/mol. The Balaban J connectivity index is 2.42. The molecule has 1 N–H and O–H groups in total. The van der Waals surface area contributed by atoms with Gasteiger partial charge in [0.2, 0.25) is 0 Å². The van der Waals surface area contributed by atoms with E-state index in [0.717, 1.165) is 36.7 Å². The van der Waals surface area contributed by atoms with Crippen molar-refractivity contribution in [2.75, 3.05) is 19.4 Å². The van der Waals surface area contributed by atoms with E-state index in [9.17, 15) is 4.79 Å². The maximum absolute atomic E-state index is 11.9. The van der Waals surface area contributed by atoms with Gasteiger partial charge in [-0.05, 0) is 32.7 Å². The van der Waals surface area contributed by atoms with Crippen LogP contribution in [0, 0.1) is 0 Å². The van der Waals surface area contributed by atoms with Gasteiger partial charge in [0.05, 0.1) is 7.11 Å². The van der Waals surface area contributed by atoms with Crippen molar-refractivity contribution in [1.29, 1.82) is 0 Å². The fourth-order valence-electron chi connectivity index (χ4n) is 1.89. The molecule has 114 valence electrons. The Morgan fingerprint density at radius 3 is 2.90 bits per heavy atom. The average Bonchev–Trinajstić information content (AvgIpc) is 2.86. The van der Waals surface area contributed by atoms with Gasteiger partial charge in [-0.1, -0.05) is 18.7 Å². The first-order valence-corrected chi connectivity index (χ1v) is 7.82. The maximum Gasteiger partial charge on any atom is 0.325 e. The molecule has 0 spiro atoms. The lowest BCUT2D eigenvalue weighted by molar-refractivity contribution is -0.148. The SMILES string of the molecule is CCCNC(C)(CCCSc1ncnn1C)C(=O)OC. The minimum Gasteiger partial charge on any atom is -0.468 e. The Kier molecular flexibility index (Phi) is 7.01. The molecule has 0 bridgehead atoms. The van der Waals surface area contributed by atoms with Crippen LogP contribution in [0.25, 0.3) is 0 Å². The molecule has 0 aromatic carbocycles. The molecule has 0 aliphatic carbocycles. The zero-order chi connectivity index (χ0) is 15.0. The molecule has 7 heteroatoms. The fraction of sp³-hybridized carbons (Fsp3) is 0.769. The smallest absolute Gasteiger partial charge is 0.325 e. The highest BCUT2D eigenvalue weighted by atomic mass is 32.2. The molecule has 0 fully saturated rings. The molecule has 1 rings (SSSR count). The Morgan fingerprint density at radius 1 is 1.60 bits per heavy atom. The molecule has 0 saturated heterocycles.